The van der Waals surface area contributed by atoms with Crippen molar-refractivity contribution in [3.05, 3.63) is 48.6 Å². The number of benzene rings is 1. The fraction of sp³-hybridized carbons (Fsp3) is 0.429. The summed E-state index contributed by atoms with van der Waals surface area (Å²) in [5.41, 5.74) is -5.30. The number of hydrogen-bond acceptors (Lipinski definition) is 1. The van der Waals surface area contributed by atoms with Crippen molar-refractivity contribution in [1.29, 1.82) is 0 Å². The molecule has 1 nitrogen and oxygen atoms in total. The largest absolute Gasteiger partial charge is 0.430 e. The topological polar surface area (TPSA) is 9.23 Å². The van der Waals surface area contributed by atoms with Gasteiger partial charge in [-0.15, -0.1) is 6.58 Å². The van der Waals surface area contributed by atoms with Gasteiger partial charge < -0.3 is 4.74 Å². The number of hydrogen-bond donors (Lipinski definition) is 0. The van der Waals surface area contributed by atoms with Crippen LogP contribution in [0.15, 0.2) is 43.0 Å². The predicted octanol–water partition coefficient (Wildman–Crippen LogP) is 4.99. The maximum atomic E-state index is 13.2. The Bertz CT molecular complexity index is 435. The van der Waals surface area contributed by atoms with Gasteiger partial charge in [0.2, 0.25) is 0 Å². The van der Waals surface area contributed by atoms with Crippen LogP contribution in [0.2, 0.25) is 0 Å². The number of halogens is 6. The van der Waals surface area contributed by atoms with Crippen LogP contribution in [0.4, 0.5) is 26.3 Å². The summed E-state index contributed by atoms with van der Waals surface area (Å²) >= 11 is 0. The Kier molecular flexibility index (Phi) is 5.44. The van der Waals surface area contributed by atoms with Crippen molar-refractivity contribution in [3.63, 3.8) is 0 Å². The molecule has 0 spiro atoms. The van der Waals surface area contributed by atoms with E-state index in [2.05, 4.69) is 11.3 Å². The molecule has 0 aliphatic carbocycles. The fourth-order valence-electron chi connectivity index (χ4n) is 1.86. The van der Waals surface area contributed by atoms with Gasteiger partial charge in [-0.1, -0.05) is 36.4 Å². The fourth-order valence-corrected chi connectivity index (χ4v) is 1.86. The highest BCUT2D eigenvalue weighted by atomic mass is 19.4. The van der Waals surface area contributed by atoms with Crippen LogP contribution in [-0.2, 0) is 10.3 Å². The average Bonchev–Trinajstić information content (AvgIpc) is 2.37. The molecule has 0 atom stereocenters. The molecular formula is C14H14F6O. The summed E-state index contributed by atoms with van der Waals surface area (Å²) in [6.45, 7) is 2.67. The van der Waals surface area contributed by atoms with E-state index >= 15 is 0 Å². The summed E-state index contributed by atoms with van der Waals surface area (Å²) in [6.07, 6.45) is -9.57. The highest BCUT2D eigenvalue weighted by Crippen LogP contribution is 2.52. The van der Waals surface area contributed by atoms with Crippen molar-refractivity contribution >= 4 is 0 Å². The van der Waals surface area contributed by atoms with Gasteiger partial charge in [0.05, 0.1) is 0 Å². The van der Waals surface area contributed by atoms with Crippen LogP contribution < -0.4 is 0 Å². The molecule has 0 bridgehead atoms. The van der Waals surface area contributed by atoms with Crippen LogP contribution in [0.25, 0.3) is 0 Å². The van der Waals surface area contributed by atoms with E-state index in [0.717, 1.165) is 24.3 Å². The third kappa shape index (κ3) is 3.58. The molecule has 0 N–H and O–H groups in total. The Hall–Kier alpha value is -1.50. The van der Waals surface area contributed by atoms with Crippen molar-refractivity contribution in [2.75, 3.05) is 6.61 Å². The minimum Gasteiger partial charge on any atom is -0.354 e. The van der Waals surface area contributed by atoms with Gasteiger partial charge in [-0.05, 0) is 12.8 Å². The van der Waals surface area contributed by atoms with E-state index < -0.39 is 30.1 Å². The molecule has 1 rings (SSSR count). The Morgan fingerprint density at radius 1 is 0.952 bits per heavy atom. The van der Waals surface area contributed by atoms with Gasteiger partial charge in [0.1, 0.15) is 0 Å². The molecule has 0 aliphatic heterocycles. The summed E-state index contributed by atoms with van der Waals surface area (Å²) in [6, 6.07) is 5.06. The van der Waals surface area contributed by atoms with E-state index in [1.807, 2.05) is 0 Å². The Morgan fingerprint density at radius 3 is 1.90 bits per heavy atom. The van der Waals surface area contributed by atoms with Crippen LogP contribution in [-0.4, -0.2) is 19.0 Å². The number of ether oxygens (including phenoxy) is 1. The molecule has 1 aromatic carbocycles. The van der Waals surface area contributed by atoms with E-state index in [1.165, 1.54) is 12.1 Å². The maximum absolute atomic E-state index is 13.2. The number of rotatable bonds is 6. The highest BCUT2D eigenvalue weighted by molar-refractivity contribution is 5.27. The van der Waals surface area contributed by atoms with Crippen molar-refractivity contribution in [3.8, 4) is 0 Å². The zero-order valence-corrected chi connectivity index (χ0v) is 11.0. The molecule has 0 radical (unpaired) electrons. The molecule has 118 valence electrons. The molecule has 0 aliphatic rings. The number of unbranched alkanes of at least 4 members (excludes halogenated alkanes) is 1. The number of alkyl halides is 6. The summed E-state index contributed by atoms with van der Waals surface area (Å²) < 4.78 is 83.6. The highest BCUT2D eigenvalue weighted by Gasteiger charge is 2.73. The van der Waals surface area contributed by atoms with E-state index in [0.29, 0.717) is 0 Å². The van der Waals surface area contributed by atoms with Crippen LogP contribution in [0, 0.1) is 0 Å². The molecular weight excluding hydrogens is 298 g/mol. The first-order chi connectivity index (χ1) is 9.67. The van der Waals surface area contributed by atoms with Crippen LogP contribution in [0.5, 0.6) is 0 Å². The third-order valence-corrected chi connectivity index (χ3v) is 2.85. The SMILES string of the molecule is C=CCCCOC(c1ccccc1)(C(F)(F)F)C(F)(F)F. The van der Waals surface area contributed by atoms with Crippen LogP contribution >= 0.6 is 0 Å². The maximum Gasteiger partial charge on any atom is 0.430 e. The van der Waals surface area contributed by atoms with Gasteiger partial charge >= 0.3 is 12.4 Å². The lowest BCUT2D eigenvalue weighted by Gasteiger charge is -2.37. The lowest BCUT2D eigenvalue weighted by atomic mass is 9.92. The van der Waals surface area contributed by atoms with E-state index in [9.17, 15) is 26.3 Å². The van der Waals surface area contributed by atoms with Gasteiger partial charge in [0.25, 0.3) is 5.60 Å². The van der Waals surface area contributed by atoms with Gasteiger partial charge in [0, 0.05) is 12.2 Å². The molecule has 0 aromatic heterocycles. The lowest BCUT2D eigenvalue weighted by molar-refractivity contribution is -0.389. The van der Waals surface area contributed by atoms with Crippen LogP contribution in [0.1, 0.15) is 18.4 Å². The van der Waals surface area contributed by atoms with Crippen molar-refractivity contribution in [2.24, 2.45) is 0 Å². The van der Waals surface area contributed by atoms with Crippen LogP contribution in [0.3, 0.4) is 0 Å². The van der Waals surface area contributed by atoms with Gasteiger partial charge in [-0.25, -0.2) is 0 Å². The van der Waals surface area contributed by atoms with Gasteiger partial charge in [-0.3, -0.25) is 0 Å². The normalized spacial score (nSPS) is 13.2. The van der Waals surface area contributed by atoms with Crippen molar-refractivity contribution in [1.82, 2.24) is 0 Å². The second-order valence-electron chi connectivity index (χ2n) is 4.32. The van der Waals surface area contributed by atoms with Crippen molar-refractivity contribution in [2.45, 2.75) is 30.8 Å². The second kappa shape index (κ2) is 6.51. The number of allylic oxidation sites excluding steroid dienone is 1. The first-order valence-electron chi connectivity index (χ1n) is 6.10. The van der Waals surface area contributed by atoms with E-state index in [4.69, 9.17) is 0 Å². The Labute approximate surface area is 118 Å². The monoisotopic (exact) mass is 312 g/mol. The predicted molar refractivity (Wildman–Crippen MR) is 65.6 cm³/mol. The molecule has 0 saturated carbocycles. The third-order valence-electron chi connectivity index (χ3n) is 2.85. The molecule has 0 unspecified atom stereocenters. The summed E-state index contributed by atoms with van der Waals surface area (Å²) in [7, 11) is 0. The van der Waals surface area contributed by atoms with Gasteiger partial charge in [-0.2, -0.15) is 26.3 Å². The standard InChI is InChI=1S/C14H14F6O/c1-2-3-7-10-21-12(13(15,16)17,14(18,19)20)11-8-5-4-6-9-11/h2,4-6,8-9H,1,3,7,10H2. The van der Waals surface area contributed by atoms with E-state index in [1.54, 1.807) is 0 Å². The lowest BCUT2D eigenvalue weighted by Crippen LogP contribution is -2.56. The minimum absolute atomic E-state index is 0.0181. The zero-order valence-electron chi connectivity index (χ0n) is 11.0. The Morgan fingerprint density at radius 2 is 1.48 bits per heavy atom. The summed E-state index contributed by atoms with van der Waals surface area (Å²) in [5.74, 6) is 0. The molecule has 0 saturated heterocycles. The molecule has 1 aromatic rings. The first kappa shape index (κ1) is 17.6. The molecule has 21 heavy (non-hydrogen) atoms. The van der Waals surface area contributed by atoms with Crippen molar-refractivity contribution < 1.29 is 31.1 Å². The van der Waals surface area contributed by atoms with E-state index in [-0.39, 0.29) is 12.8 Å². The molecule has 7 heteroatoms. The zero-order chi connectivity index (χ0) is 16.1. The summed E-state index contributed by atoms with van der Waals surface area (Å²) in [4.78, 5) is 0. The summed E-state index contributed by atoms with van der Waals surface area (Å²) in [5, 5.41) is 0. The average molecular weight is 312 g/mol. The molecule has 0 amide bonds. The quantitative estimate of drug-likeness (QED) is 0.408. The molecule has 0 heterocycles. The smallest absolute Gasteiger partial charge is 0.354 e. The van der Waals surface area contributed by atoms with Gasteiger partial charge in [0.15, 0.2) is 0 Å². The first-order valence-corrected chi connectivity index (χ1v) is 6.10. The Balaban J connectivity index is 3.27. The second-order valence-corrected chi connectivity index (χ2v) is 4.32. The molecule has 0 fully saturated rings. The minimum atomic E-state index is -5.62.